The maximum Gasteiger partial charge on any atom is 0.238 e. The Morgan fingerprint density at radius 3 is 2.39 bits per heavy atom. The van der Waals surface area contributed by atoms with Crippen LogP contribution in [0.5, 0.6) is 0 Å². The van der Waals surface area contributed by atoms with Gasteiger partial charge in [-0.3, -0.25) is 4.99 Å². The molecule has 0 saturated carbocycles. The molecule has 0 aliphatic heterocycles. The zero-order chi connectivity index (χ0) is 17.1. The Morgan fingerprint density at radius 1 is 1.17 bits per heavy atom. The molecule has 0 aromatic heterocycles. The highest BCUT2D eigenvalue weighted by molar-refractivity contribution is 7.98. The monoisotopic (exact) mass is 358 g/mol. The van der Waals surface area contributed by atoms with Crippen LogP contribution in [0, 0.1) is 0 Å². The van der Waals surface area contributed by atoms with Gasteiger partial charge in [0, 0.05) is 20.1 Å². The largest absolute Gasteiger partial charge is 0.356 e. The Bertz CT molecular complexity index is 586. The summed E-state index contributed by atoms with van der Waals surface area (Å²) in [6, 6.07) is 6.62. The Labute approximate surface area is 143 Å². The fourth-order valence-electron chi connectivity index (χ4n) is 1.97. The number of hydrogen-bond acceptors (Lipinski definition) is 4. The first kappa shape index (κ1) is 19.8. The van der Waals surface area contributed by atoms with Gasteiger partial charge in [0.1, 0.15) is 0 Å². The van der Waals surface area contributed by atoms with Crippen LogP contribution in [0.15, 0.2) is 34.2 Å². The first-order valence-corrected chi connectivity index (χ1v) is 10.5. The summed E-state index contributed by atoms with van der Waals surface area (Å²) in [5.41, 5.74) is 1.04. The predicted molar refractivity (Wildman–Crippen MR) is 98.5 cm³/mol. The van der Waals surface area contributed by atoms with E-state index in [4.69, 9.17) is 5.14 Å². The lowest BCUT2D eigenvalue weighted by molar-refractivity contribution is 0.598. The number of guanidine groups is 1. The summed E-state index contributed by atoms with van der Waals surface area (Å²) in [6.07, 6.45) is 5.21. The number of primary sulfonamides is 1. The molecule has 4 N–H and O–H groups in total. The minimum absolute atomic E-state index is 0.136. The second-order valence-electron chi connectivity index (χ2n) is 5.06. The molecule has 8 heteroatoms. The molecule has 0 fully saturated rings. The van der Waals surface area contributed by atoms with E-state index in [0.29, 0.717) is 0 Å². The van der Waals surface area contributed by atoms with Gasteiger partial charge in [-0.05, 0) is 49.0 Å². The standard InChI is InChI=1S/C15H26N4O2S2/c1-17-15(18-10-3-4-12-22-2)19-11-9-13-5-7-14(8-6-13)23(16,20)21/h5-8H,3-4,9-12H2,1-2H3,(H2,16,20,21)(H2,17,18,19). The van der Waals surface area contributed by atoms with E-state index in [1.165, 1.54) is 24.3 Å². The Morgan fingerprint density at radius 2 is 1.83 bits per heavy atom. The summed E-state index contributed by atoms with van der Waals surface area (Å²) in [5, 5.41) is 11.6. The molecule has 23 heavy (non-hydrogen) atoms. The molecule has 1 aromatic carbocycles. The predicted octanol–water partition coefficient (Wildman–Crippen LogP) is 1.18. The van der Waals surface area contributed by atoms with Crippen molar-refractivity contribution in [3.05, 3.63) is 29.8 Å². The molecular weight excluding hydrogens is 332 g/mol. The molecule has 0 unspecified atom stereocenters. The summed E-state index contributed by atoms with van der Waals surface area (Å²) >= 11 is 1.86. The molecule has 0 amide bonds. The topological polar surface area (TPSA) is 96.6 Å². The van der Waals surface area contributed by atoms with Gasteiger partial charge in [-0.25, -0.2) is 13.6 Å². The zero-order valence-electron chi connectivity index (χ0n) is 13.7. The highest BCUT2D eigenvalue weighted by atomic mass is 32.2. The van der Waals surface area contributed by atoms with E-state index in [1.807, 2.05) is 11.8 Å². The summed E-state index contributed by atoms with van der Waals surface area (Å²) in [7, 11) is -1.87. The number of nitrogens with zero attached hydrogens (tertiary/aromatic N) is 1. The van der Waals surface area contributed by atoms with Crippen molar-refractivity contribution in [2.75, 3.05) is 32.1 Å². The van der Waals surface area contributed by atoms with Crippen LogP contribution < -0.4 is 15.8 Å². The lowest BCUT2D eigenvalue weighted by atomic mass is 10.1. The zero-order valence-corrected chi connectivity index (χ0v) is 15.3. The van der Waals surface area contributed by atoms with Crippen LogP contribution in [0.1, 0.15) is 18.4 Å². The van der Waals surface area contributed by atoms with Crippen molar-refractivity contribution in [1.82, 2.24) is 10.6 Å². The van der Waals surface area contributed by atoms with Crippen molar-refractivity contribution in [2.24, 2.45) is 10.1 Å². The van der Waals surface area contributed by atoms with Crippen molar-refractivity contribution in [2.45, 2.75) is 24.2 Å². The molecule has 0 radical (unpaired) electrons. The van der Waals surface area contributed by atoms with Gasteiger partial charge in [-0.1, -0.05) is 12.1 Å². The molecule has 0 bridgehead atoms. The van der Waals surface area contributed by atoms with Crippen LogP contribution in [0.25, 0.3) is 0 Å². The minimum Gasteiger partial charge on any atom is -0.356 e. The summed E-state index contributed by atoms with van der Waals surface area (Å²) in [5.74, 6) is 1.97. The number of sulfonamides is 1. The van der Waals surface area contributed by atoms with E-state index in [0.717, 1.165) is 37.5 Å². The fourth-order valence-corrected chi connectivity index (χ4v) is 2.98. The fraction of sp³-hybridized carbons (Fsp3) is 0.533. The number of thioether (sulfide) groups is 1. The van der Waals surface area contributed by atoms with Crippen LogP contribution >= 0.6 is 11.8 Å². The molecule has 0 spiro atoms. The molecule has 1 rings (SSSR count). The van der Waals surface area contributed by atoms with E-state index in [1.54, 1.807) is 19.2 Å². The lowest BCUT2D eigenvalue weighted by Crippen LogP contribution is -2.38. The third-order valence-electron chi connectivity index (χ3n) is 3.25. The van der Waals surface area contributed by atoms with E-state index in [-0.39, 0.29) is 4.90 Å². The van der Waals surface area contributed by atoms with Gasteiger partial charge in [0.2, 0.25) is 10.0 Å². The van der Waals surface area contributed by atoms with Crippen LogP contribution in [0.4, 0.5) is 0 Å². The van der Waals surface area contributed by atoms with Gasteiger partial charge < -0.3 is 10.6 Å². The van der Waals surface area contributed by atoms with Crippen molar-refractivity contribution < 1.29 is 8.42 Å². The highest BCUT2D eigenvalue weighted by Gasteiger charge is 2.06. The van der Waals surface area contributed by atoms with Crippen LogP contribution in [0.2, 0.25) is 0 Å². The van der Waals surface area contributed by atoms with Crippen molar-refractivity contribution in [1.29, 1.82) is 0 Å². The van der Waals surface area contributed by atoms with E-state index < -0.39 is 10.0 Å². The number of hydrogen-bond donors (Lipinski definition) is 3. The summed E-state index contributed by atoms with van der Waals surface area (Å²) in [6.45, 7) is 1.63. The highest BCUT2D eigenvalue weighted by Crippen LogP contribution is 2.08. The van der Waals surface area contributed by atoms with Gasteiger partial charge in [0.15, 0.2) is 5.96 Å². The van der Waals surface area contributed by atoms with Crippen molar-refractivity contribution in [3.63, 3.8) is 0 Å². The Kier molecular flexibility index (Phi) is 9.05. The first-order valence-electron chi connectivity index (χ1n) is 7.52. The molecule has 1 aromatic rings. The minimum atomic E-state index is -3.62. The average Bonchev–Trinajstić information content (AvgIpc) is 2.52. The number of benzene rings is 1. The molecule has 130 valence electrons. The van der Waals surface area contributed by atoms with Crippen molar-refractivity contribution in [3.8, 4) is 0 Å². The second kappa shape index (κ2) is 10.5. The van der Waals surface area contributed by atoms with Gasteiger partial charge in [0.25, 0.3) is 0 Å². The lowest BCUT2D eigenvalue weighted by Gasteiger charge is -2.11. The molecule has 0 saturated heterocycles. The molecule has 0 aliphatic carbocycles. The van der Waals surface area contributed by atoms with Crippen LogP contribution in [-0.2, 0) is 16.4 Å². The van der Waals surface area contributed by atoms with E-state index in [9.17, 15) is 8.42 Å². The molecular formula is C15H26N4O2S2. The molecule has 6 nitrogen and oxygen atoms in total. The molecule has 0 aliphatic rings. The van der Waals surface area contributed by atoms with Crippen molar-refractivity contribution >= 4 is 27.7 Å². The van der Waals surface area contributed by atoms with Gasteiger partial charge in [-0.15, -0.1) is 0 Å². The molecule has 0 heterocycles. The van der Waals surface area contributed by atoms with E-state index in [2.05, 4.69) is 21.9 Å². The maximum absolute atomic E-state index is 11.2. The quantitative estimate of drug-likeness (QED) is 0.350. The number of unbranched alkanes of at least 4 members (excludes halogenated alkanes) is 1. The number of aliphatic imine (C=N–C) groups is 1. The summed E-state index contributed by atoms with van der Waals surface area (Å²) in [4.78, 5) is 4.31. The van der Waals surface area contributed by atoms with Gasteiger partial charge in [0.05, 0.1) is 4.90 Å². The SMILES string of the molecule is CN=C(NCCCCSC)NCCc1ccc(S(N)(=O)=O)cc1. The Hall–Kier alpha value is -1.25. The third kappa shape index (κ3) is 8.24. The van der Waals surface area contributed by atoms with Gasteiger partial charge >= 0.3 is 0 Å². The third-order valence-corrected chi connectivity index (χ3v) is 4.88. The van der Waals surface area contributed by atoms with Gasteiger partial charge in [-0.2, -0.15) is 11.8 Å². The number of nitrogens with one attached hydrogen (secondary N) is 2. The maximum atomic E-state index is 11.2. The van der Waals surface area contributed by atoms with E-state index >= 15 is 0 Å². The average molecular weight is 359 g/mol. The number of rotatable bonds is 9. The number of nitrogens with two attached hydrogens (primary N) is 1. The Balaban J connectivity index is 2.31. The van der Waals surface area contributed by atoms with Crippen LogP contribution in [-0.4, -0.2) is 46.5 Å². The second-order valence-corrected chi connectivity index (χ2v) is 7.61. The summed E-state index contributed by atoms with van der Waals surface area (Å²) < 4.78 is 22.4. The molecule has 0 atom stereocenters. The smallest absolute Gasteiger partial charge is 0.238 e. The van der Waals surface area contributed by atoms with Crippen LogP contribution in [0.3, 0.4) is 0 Å². The first-order chi connectivity index (χ1) is 11.0. The normalized spacial score (nSPS) is 12.2.